The molecule has 0 saturated heterocycles. The third kappa shape index (κ3) is 2.50. The largest absolute Gasteiger partial charge is 0.461 e. The number of aliphatic imine (C=N–C) groups is 1. The highest BCUT2D eigenvalue weighted by atomic mass is 16.6. The third-order valence-electron chi connectivity index (χ3n) is 2.67. The highest BCUT2D eigenvalue weighted by Gasteiger charge is 2.50. The van der Waals surface area contributed by atoms with E-state index in [2.05, 4.69) is 4.99 Å². The van der Waals surface area contributed by atoms with Crippen LogP contribution in [0.25, 0.3) is 0 Å². The minimum atomic E-state index is -1.62. The fourth-order valence-electron chi connectivity index (χ4n) is 1.62. The van der Waals surface area contributed by atoms with Gasteiger partial charge in [-0.25, -0.2) is 14.6 Å². The Balaban J connectivity index is 2.30. The quantitative estimate of drug-likeness (QED) is 0.613. The van der Waals surface area contributed by atoms with Gasteiger partial charge >= 0.3 is 11.9 Å². The molecule has 0 amide bonds. The summed E-state index contributed by atoms with van der Waals surface area (Å²) in [5, 5.41) is 0. The summed E-state index contributed by atoms with van der Waals surface area (Å²) in [5.74, 6) is -1.26. The fourth-order valence-corrected chi connectivity index (χ4v) is 1.62. The van der Waals surface area contributed by atoms with Crippen molar-refractivity contribution in [2.24, 2.45) is 4.99 Å². The first-order chi connectivity index (χ1) is 8.93. The van der Waals surface area contributed by atoms with Gasteiger partial charge in [0.1, 0.15) is 0 Å². The molecule has 5 heteroatoms. The summed E-state index contributed by atoms with van der Waals surface area (Å²) in [6.45, 7) is 4.82. The SMILES string of the molecule is CC(C)OC(=O)C1(C)N=C(c2ccccc2)OC1=O. The van der Waals surface area contributed by atoms with Crippen LogP contribution in [0.4, 0.5) is 0 Å². The van der Waals surface area contributed by atoms with Crippen molar-refractivity contribution in [3.63, 3.8) is 0 Å². The molecule has 0 aromatic heterocycles. The van der Waals surface area contributed by atoms with Crippen LogP contribution in [0.3, 0.4) is 0 Å². The fraction of sp³-hybridized carbons (Fsp3) is 0.357. The molecule has 0 saturated carbocycles. The van der Waals surface area contributed by atoms with Gasteiger partial charge in [0.2, 0.25) is 5.90 Å². The van der Waals surface area contributed by atoms with Crippen LogP contribution >= 0.6 is 0 Å². The molecular weight excluding hydrogens is 246 g/mol. The van der Waals surface area contributed by atoms with E-state index >= 15 is 0 Å². The van der Waals surface area contributed by atoms with E-state index in [1.54, 1.807) is 38.1 Å². The Kier molecular flexibility index (Phi) is 3.38. The number of rotatable bonds is 3. The van der Waals surface area contributed by atoms with Gasteiger partial charge in [0, 0.05) is 5.56 Å². The molecule has 0 spiro atoms. The summed E-state index contributed by atoms with van der Waals surface area (Å²) in [6.07, 6.45) is -0.312. The Morgan fingerprint density at radius 1 is 1.32 bits per heavy atom. The monoisotopic (exact) mass is 261 g/mol. The van der Waals surface area contributed by atoms with Crippen LogP contribution in [-0.4, -0.2) is 29.5 Å². The summed E-state index contributed by atoms with van der Waals surface area (Å²) < 4.78 is 10.1. The zero-order valence-corrected chi connectivity index (χ0v) is 11.0. The van der Waals surface area contributed by atoms with Crippen LogP contribution in [0.15, 0.2) is 35.3 Å². The van der Waals surface area contributed by atoms with E-state index in [1.807, 2.05) is 6.07 Å². The molecule has 1 aliphatic rings. The topological polar surface area (TPSA) is 65.0 Å². The van der Waals surface area contributed by atoms with Crippen molar-refractivity contribution in [1.29, 1.82) is 0 Å². The standard InChI is InChI=1S/C14H15NO4/c1-9(2)18-12(16)14(3)13(17)19-11(15-14)10-7-5-4-6-8-10/h4-9H,1-3H3. The van der Waals surface area contributed by atoms with Crippen molar-refractivity contribution in [2.45, 2.75) is 32.4 Å². The zero-order valence-electron chi connectivity index (χ0n) is 11.0. The van der Waals surface area contributed by atoms with E-state index in [9.17, 15) is 9.59 Å². The van der Waals surface area contributed by atoms with Crippen molar-refractivity contribution in [3.8, 4) is 0 Å². The molecule has 0 radical (unpaired) electrons. The molecular formula is C14H15NO4. The van der Waals surface area contributed by atoms with Gasteiger partial charge in [0.05, 0.1) is 6.10 Å². The van der Waals surface area contributed by atoms with Gasteiger partial charge in [-0.2, -0.15) is 0 Å². The predicted octanol–water partition coefficient (Wildman–Crippen LogP) is 1.70. The molecule has 1 aliphatic heterocycles. The molecule has 0 aliphatic carbocycles. The first-order valence-corrected chi connectivity index (χ1v) is 6.02. The van der Waals surface area contributed by atoms with E-state index in [1.165, 1.54) is 6.92 Å². The summed E-state index contributed by atoms with van der Waals surface area (Å²) in [4.78, 5) is 27.9. The second-order valence-corrected chi connectivity index (χ2v) is 4.70. The lowest BCUT2D eigenvalue weighted by molar-refractivity contribution is -0.159. The Bertz CT molecular complexity index is 536. The molecule has 1 heterocycles. The average molecular weight is 261 g/mol. The van der Waals surface area contributed by atoms with Gasteiger partial charge in [-0.15, -0.1) is 0 Å². The Morgan fingerprint density at radius 2 is 1.95 bits per heavy atom. The van der Waals surface area contributed by atoms with E-state index < -0.39 is 17.5 Å². The summed E-state index contributed by atoms with van der Waals surface area (Å²) in [7, 11) is 0. The molecule has 0 bridgehead atoms. The van der Waals surface area contributed by atoms with Gasteiger partial charge in [-0.05, 0) is 32.9 Å². The number of ether oxygens (including phenoxy) is 2. The van der Waals surface area contributed by atoms with Gasteiger partial charge in [0.15, 0.2) is 0 Å². The number of carbonyl (C=O) groups excluding carboxylic acids is 2. The Labute approximate surface area is 111 Å². The number of benzene rings is 1. The first kappa shape index (κ1) is 13.3. The number of nitrogens with zero attached hydrogens (tertiary/aromatic N) is 1. The number of carbonyl (C=O) groups is 2. The van der Waals surface area contributed by atoms with Gasteiger partial charge in [-0.1, -0.05) is 18.2 Å². The van der Waals surface area contributed by atoms with E-state index in [-0.39, 0.29) is 12.0 Å². The molecule has 2 rings (SSSR count). The number of cyclic esters (lactones) is 1. The van der Waals surface area contributed by atoms with E-state index in [0.29, 0.717) is 5.56 Å². The molecule has 5 nitrogen and oxygen atoms in total. The maximum Gasteiger partial charge on any atom is 0.352 e. The molecule has 1 atom stereocenters. The maximum atomic E-state index is 11.9. The van der Waals surface area contributed by atoms with Crippen LogP contribution in [0.2, 0.25) is 0 Å². The lowest BCUT2D eigenvalue weighted by Crippen LogP contribution is -2.41. The van der Waals surface area contributed by atoms with Crippen molar-refractivity contribution >= 4 is 17.8 Å². The predicted molar refractivity (Wildman–Crippen MR) is 68.7 cm³/mol. The lowest BCUT2D eigenvalue weighted by atomic mass is 10.1. The lowest BCUT2D eigenvalue weighted by Gasteiger charge is -2.16. The summed E-state index contributed by atoms with van der Waals surface area (Å²) in [6, 6.07) is 8.95. The molecule has 0 N–H and O–H groups in total. The van der Waals surface area contributed by atoms with Crippen LogP contribution in [0.5, 0.6) is 0 Å². The number of esters is 2. The van der Waals surface area contributed by atoms with Crippen molar-refractivity contribution in [3.05, 3.63) is 35.9 Å². The van der Waals surface area contributed by atoms with Crippen molar-refractivity contribution in [1.82, 2.24) is 0 Å². The van der Waals surface area contributed by atoms with Crippen molar-refractivity contribution in [2.75, 3.05) is 0 Å². The second-order valence-electron chi connectivity index (χ2n) is 4.70. The molecule has 19 heavy (non-hydrogen) atoms. The molecule has 0 fully saturated rings. The van der Waals surface area contributed by atoms with E-state index in [4.69, 9.17) is 9.47 Å². The minimum absolute atomic E-state index is 0.147. The van der Waals surface area contributed by atoms with Gasteiger partial charge in [-0.3, -0.25) is 0 Å². The smallest absolute Gasteiger partial charge is 0.352 e. The third-order valence-corrected chi connectivity index (χ3v) is 2.67. The highest BCUT2D eigenvalue weighted by Crippen LogP contribution is 2.25. The van der Waals surface area contributed by atoms with E-state index in [0.717, 1.165) is 0 Å². The zero-order chi connectivity index (χ0) is 14.0. The highest BCUT2D eigenvalue weighted by molar-refractivity contribution is 6.16. The van der Waals surface area contributed by atoms with Gasteiger partial charge < -0.3 is 9.47 Å². The molecule has 1 aromatic rings. The molecule has 100 valence electrons. The first-order valence-electron chi connectivity index (χ1n) is 6.02. The number of hydrogen-bond acceptors (Lipinski definition) is 5. The molecule has 1 aromatic carbocycles. The number of hydrogen-bond donors (Lipinski definition) is 0. The van der Waals surface area contributed by atoms with Crippen LogP contribution in [-0.2, 0) is 19.1 Å². The minimum Gasteiger partial charge on any atom is -0.461 e. The maximum absolute atomic E-state index is 11.9. The van der Waals surface area contributed by atoms with Crippen LogP contribution in [0, 0.1) is 0 Å². The van der Waals surface area contributed by atoms with Crippen LogP contribution in [0.1, 0.15) is 26.3 Å². The Hall–Kier alpha value is -2.17. The van der Waals surface area contributed by atoms with Gasteiger partial charge in [0.25, 0.3) is 5.54 Å². The summed E-state index contributed by atoms with van der Waals surface area (Å²) in [5.41, 5.74) is -0.966. The van der Waals surface area contributed by atoms with Crippen LogP contribution < -0.4 is 0 Å². The Morgan fingerprint density at radius 3 is 2.53 bits per heavy atom. The average Bonchev–Trinajstić information content (AvgIpc) is 2.67. The second kappa shape index (κ2) is 4.84. The molecule has 1 unspecified atom stereocenters. The normalized spacial score (nSPS) is 22.1. The van der Waals surface area contributed by atoms with Crippen molar-refractivity contribution < 1.29 is 19.1 Å². The summed E-state index contributed by atoms with van der Waals surface area (Å²) >= 11 is 0.